The van der Waals surface area contributed by atoms with Gasteiger partial charge in [0.15, 0.2) is 0 Å². The zero-order valence-corrected chi connectivity index (χ0v) is 10.6. The number of aryl methyl sites for hydroxylation is 1. The fourth-order valence-corrected chi connectivity index (χ4v) is 1.45. The molecule has 1 rings (SSSR count). The molecule has 1 aromatic rings. The minimum atomic E-state index is 0.0648. The monoisotopic (exact) mass is 239 g/mol. The second kappa shape index (κ2) is 7.78. The highest BCUT2D eigenvalue weighted by Gasteiger charge is 2.01. The van der Waals surface area contributed by atoms with Gasteiger partial charge in [-0.3, -0.25) is 9.48 Å². The third-order valence-electron chi connectivity index (χ3n) is 2.39. The van der Waals surface area contributed by atoms with Crippen LogP contribution in [-0.2, 0) is 17.9 Å². The maximum atomic E-state index is 11.0. The Morgan fingerprint density at radius 1 is 1.53 bits per heavy atom. The summed E-state index contributed by atoms with van der Waals surface area (Å²) in [5.74, 6) is 0.0648. The molecule has 0 bridgehead atoms. The van der Waals surface area contributed by atoms with E-state index in [-0.39, 0.29) is 5.91 Å². The van der Waals surface area contributed by atoms with Crippen LogP contribution >= 0.6 is 0 Å². The summed E-state index contributed by atoms with van der Waals surface area (Å²) >= 11 is 0. The molecule has 2 N–H and O–H groups in total. The molecule has 96 valence electrons. The van der Waals surface area contributed by atoms with Crippen LogP contribution in [-0.4, -0.2) is 34.5 Å². The number of nitrogens with one attached hydrogen (secondary N) is 2. The highest BCUT2D eigenvalue weighted by molar-refractivity contribution is 5.75. The van der Waals surface area contributed by atoms with E-state index in [2.05, 4.69) is 27.9 Å². The Labute approximate surface area is 102 Å². The molecule has 0 saturated heterocycles. The number of aromatic nitrogens is 3. The van der Waals surface area contributed by atoms with Gasteiger partial charge in [0.2, 0.25) is 5.91 Å². The molecule has 0 aliphatic heterocycles. The molecule has 6 nitrogen and oxygen atoms in total. The van der Waals surface area contributed by atoms with Crippen LogP contribution in [0.3, 0.4) is 0 Å². The van der Waals surface area contributed by atoms with Crippen molar-refractivity contribution in [3.8, 4) is 0 Å². The fraction of sp³-hybridized carbons (Fsp3) is 0.727. The van der Waals surface area contributed by atoms with E-state index >= 15 is 0 Å². The molecule has 0 aliphatic carbocycles. The summed E-state index contributed by atoms with van der Waals surface area (Å²) in [6.45, 7) is 4.60. The SMILES string of the molecule is CCCNCc1cn(CCCC(=O)NC)nn1. The van der Waals surface area contributed by atoms with Crippen LogP contribution < -0.4 is 10.6 Å². The minimum absolute atomic E-state index is 0.0648. The van der Waals surface area contributed by atoms with Gasteiger partial charge in [0, 0.05) is 32.8 Å². The molecule has 17 heavy (non-hydrogen) atoms. The van der Waals surface area contributed by atoms with E-state index in [0.717, 1.165) is 38.2 Å². The van der Waals surface area contributed by atoms with Crippen molar-refractivity contribution < 1.29 is 4.79 Å². The van der Waals surface area contributed by atoms with Gasteiger partial charge in [-0.15, -0.1) is 5.10 Å². The predicted octanol–water partition coefficient (Wildman–Crippen LogP) is 0.304. The molecule has 1 heterocycles. The van der Waals surface area contributed by atoms with Crippen molar-refractivity contribution in [2.45, 2.75) is 39.3 Å². The molecule has 0 saturated carbocycles. The summed E-state index contributed by atoms with van der Waals surface area (Å²) in [5.41, 5.74) is 0.943. The van der Waals surface area contributed by atoms with Gasteiger partial charge in [-0.25, -0.2) is 0 Å². The third-order valence-corrected chi connectivity index (χ3v) is 2.39. The number of hydrogen-bond donors (Lipinski definition) is 2. The Morgan fingerprint density at radius 3 is 3.06 bits per heavy atom. The van der Waals surface area contributed by atoms with Gasteiger partial charge < -0.3 is 10.6 Å². The number of carbonyl (C=O) groups excluding carboxylic acids is 1. The maximum Gasteiger partial charge on any atom is 0.219 e. The van der Waals surface area contributed by atoms with E-state index < -0.39 is 0 Å². The first-order valence-corrected chi connectivity index (χ1v) is 6.06. The molecule has 0 radical (unpaired) electrons. The largest absolute Gasteiger partial charge is 0.359 e. The van der Waals surface area contributed by atoms with Gasteiger partial charge in [0.05, 0.1) is 5.69 Å². The van der Waals surface area contributed by atoms with E-state index in [9.17, 15) is 4.79 Å². The van der Waals surface area contributed by atoms with Crippen LogP contribution in [0, 0.1) is 0 Å². The second-order valence-corrected chi connectivity index (χ2v) is 3.93. The smallest absolute Gasteiger partial charge is 0.219 e. The maximum absolute atomic E-state index is 11.0. The molecule has 0 aliphatic rings. The lowest BCUT2D eigenvalue weighted by Crippen LogP contribution is -2.17. The van der Waals surface area contributed by atoms with Gasteiger partial charge in [-0.05, 0) is 19.4 Å². The number of hydrogen-bond acceptors (Lipinski definition) is 4. The van der Waals surface area contributed by atoms with Crippen LogP contribution in [0.2, 0.25) is 0 Å². The summed E-state index contributed by atoms with van der Waals surface area (Å²) in [5, 5.41) is 13.9. The number of carbonyl (C=O) groups is 1. The normalized spacial score (nSPS) is 10.5. The Balaban J connectivity index is 2.23. The lowest BCUT2D eigenvalue weighted by Gasteiger charge is -2.00. The van der Waals surface area contributed by atoms with E-state index in [1.807, 2.05) is 6.20 Å². The predicted molar refractivity (Wildman–Crippen MR) is 65.3 cm³/mol. The Kier molecular flexibility index (Phi) is 6.24. The van der Waals surface area contributed by atoms with Crippen LogP contribution in [0.1, 0.15) is 31.9 Å². The summed E-state index contributed by atoms with van der Waals surface area (Å²) in [4.78, 5) is 11.0. The van der Waals surface area contributed by atoms with Gasteiger partial charge in [-0.1, -0.05) is 12.1 Å². The van der Waals surface area contributed by atoms with Gasteiger partial charge in [-0.2, -0.15) is 0 Å². The topological polar surface area (TPSA) is 71.8 Å². The fourth-order valence-electron chi connectivity index (χ4n) is 1.45. The third kappa shape index (κ3) is 5.44. The summed E-state index contributed by atoms with van der Waals surface area (Å²) in [7, 11) is 1.65. The molecule has 0 fully saturated rings. The Hall–Kier alpha value is -1.43. The molecule has 6 heteroatoms. The molecule has 0 aromatic carbocycles. The van der Waals surface area contributed by atoms with E-state index in [1.165, 1.54) is 0 Å². The van der Waals surface area contributed by atoms with Crippen LogP contribution in [0.25, 0.3) is 0 Å². The first-order chi connectivity index (χ1) is 8.26. The molecular formula is C11H21N5O. The first-order valence-electron chi connectivity index (χ1n) is 6.06. The quantitative estimate of drug-likeness (QED) is 0.640. The summed E-state index contributed by atoms with van der Waals surface area (Å²) in [6.07, 6.45) is 4.34. The van der Waals surface area contributed by atoms with Crippen molar-refractivity contribution in [2.24, 2.45) is 0 Å². The average molecular weight is 239 g/mol. The molecule has 0 unspecified atom stereocenters. The van der Waals surface area contributed by atoms with Crippen molar-refractivity contribution in [2.75, 3.05) is 13.6 Å². The van der Waals surface area contributed by atoms with Crippen molar-refractivity contribution >= 4 is 5.91 Å². The second-order valence-electron chi connectivity index (χ2n) is 3.93. The first kappa shape index (κ1) is 13.6. The lowest BCUT2D eigenvalue weighted by atomic mass is 10.3. The Bertz CT molecular complexity index is 336. The molecule has 1 aromatic heterocycles. The highest BCUT2D eigenvalue weighted by Crippen LogP contribution is 1.97. The van der Waals surface area contributed by atoms with E-state index in [4.69, 9.17) is 0 Å². The molecule has 0 atom stereocenters. The molecule has 0 spiro atoms. The standard InChI is InChI=1S/C11H21N5O/c1-3-6-13-8-10-9-16(15-14-10)7-4-5-11(17)12-2/h9,13H,3-8H2,1-2H3,(H,12,17). The number of amides is 1. The van der Waals surface area contributed by atoms with Crippen molar-refractivity contribution in [1.82, 2.24) is 25.6 Å². The molecule has 1 amide bonds. The van der Waals surface area contributed by atoms with Crippen molar-refractivity contribution in [3.63, 3.8) is 0 Å². The van der Waals surface area contributed by atoms with Gasteiger partial charge >= 0.3 is 0 Å². The molecular weight excluding hydrogens is 218 g/mol. The van der Waals surface area contributed by atoms with E-state index in [0.29, 0.717) is 6.42 Å². The van der Waals surface area contributed by atoms with Crippen molar-refractivity contribution in [1.29, 1.82) is 0 Å². The highest BCUT2D eigenvalue weighted by atomic mass is 16.1. The van der Waals surface area contributed by atoms with Gasteiger partial charge in [0.1, 0.15) is 0 Å². The average Bonchev–Trinajstić information content (AvgIpc) is 2.77. The van der Waals surface area contributed by atoms with Gasteiger partial charge in [0.25, 0.3) is 0 Å². The lowest BCUT2D eigenvalue weighted by molar-refractivity contribution is -0.120. The minimum Gasteiger partial charge on any atom is -0.359 e. The van der Waals surface area contributed by atoms with Crippen LogP contribution in [0.5, 0.6) is 0 Å². The Morgan fingerprint density at radius 2 is 2.35 bits per heavy atom. The van der Waals surface area contributed by atoms with E-state index in [1.54, 1.807) is 11.7 Å². The summed E-state index contributed by atoms with van der Waals surface area (Å²) < 4.78 is 1.78. The zero-order chi connectivity index (χ0) is 12.5. The zero-order valence-electron chi connectivity index (χ0n) is 10.6. The number of rotatable bonds is 8. The van der Waals surface area contributed by atoms with Crippen LogP contribution in [0.15, 0.2) is 6.20 Å². The summed E-state index contributed by atoms with van der Waals surface area (Å²) in [6, 6.07) is 0. The number of nitrogens with zero attached hydrogens (tertiary/aromatic N) is 3. The van der Waals surface area contributed by atoms with Crippen molar-refractivity contribution in [3.05, 3.63) is 11.9 Å². The van der Waals surface area contributed by atoms with Crippen LogP contribution in [0.4, 0.5) is 0 Å².